The number of nitrogens with one attached hydrogen (secondary N) is 1. The van der Waals surface area contributed by atoms with Gasteiger partial charge in [0.15, 0.2) is 0 Å². The van der Waals surface area contributed by atoms with E-state index in [0.29, 0.717) is 5.92 Å². The number of carboxylic acids is 1. The van der Waals surface area contributed by atoms with E-state index in [1.165, 1.54) is 12.8 Å². The zero-order valence-corrected chi connectivity index (χ0v) is 11.5. The van der Waals surface area contributed by atoms with E-state index in [-0.39, 0.29) is 6.04 Å². The molecule has 100 valence electrons. The maximum absolute atomic E-state index is 11.6. The van der Waals surface area contributed by atoms with E-state index in [0.717, 1.165) is 32.1 Å². The Morgan fingerprint density at radius 3 is 2.12 bits per heavy atom. The fraction of sp³-hybridized carbons (Fsp3) is 0.929. The highest BCUT2D eigenvalue weighted by atomic mass is 16.4. The van der Waals surface area contributed by atoms with Crippen molar-refractivity contribution in [2.45, 2.75) is 77.3 Å². The van der Waals surface area contributed by atoms with Crippen LogP contribution in [0.1, 0.15) is 65.7 Å². The van der Waals surface area contributed by atoms with Gasteiger partial charge < -0.3 is 5.11 Å². The summed E-state index contributed by atoms with van der Waals surface area (Å²) in [5.74, 6) is -0.0517. The van der Waals surface area contributed by atoms with Crippen molar-refractivity contribution in [2.75, 3.05) is 0 Å². The minimum atomic E-state index is -0.662. The zero-order chi connectivity index (χ0) is 12.9. The van der Waals surface area contributed by atoms with Crippen molar-refractivity contribution >= 4 is 5.97 Å². The zero-order valence-electron chi connectivity index (χ0n) is 11.5. The van der Waals surface area contributed by atoms with Gasteiger partial charge in [-0.25, -0.2) is 0 Å². The molecule has 1 atom stereocenters. The lowest BCUT2D eigenvalue weighted by Gasteiger charge is -2.33. The predicted octanol–water partition coefficient (Wildman–Crippen LogP) is 3.19. The Hall–Kier alpha value is -0.570. The van der Waals surface area contributed by atoms with Crippen molar-refractivity contribution < 1.29 is 9.90 Å². The van der Waals surface area contributed by atoms with Crippen LogP contribution < -0.4 is 5.32 Å². The second-order valence-corrected chi connectivity index (χ2v) is 5.98. The molecule has 3 heteroatoms. The van der Waals surface area contributed by atoms with E-state index in [4.69, 9.17) is 0 Å². The number of aliphatic carboxylic acids is 1. The van der Waals surface area contributed by atoms with E-state index in [9.17, 15) is 9.90 Å². The fourth-order valence-corrected chi connectivity index (χ4v) is 2.99. The summed E-state index contributed by atoms with van der Waals surface area (Å²) in [6.45, 7) is 6.47. The first-order valence-electron chi connectivity index (χ1n) is 6.97. The van der Waals surface area contributed by atoms with Crippen molar-refractivity contribution in [3.63, 3.8) is 0 Å². The van der Waals surface area contributed by atoms with E-state index < -0.39 is 11.5 Å². The fourth-order valence-electron chi connectivity index (χ4n) is 2.99. The minimum Gasteiger partial charge on any atom is -0.480 e. The first-order chi connectivity index (χ1) is 7.96. The van der Waals surface area contributed by atoms with Crippen LogP contribution >= 0.6 is 0 Å². The van der Waals surface area contributed by atoms with Gasteiger partial charge in [0.2, 0.25) is 0 Å². The van der Waals surface area contributed by atoms with Crippen molar-refractivity contribution in [2.24, 2.45) is 5.92 Å². The minimum absolute atomic E-state index is 0.282. The molecule has 1 aliphatic carbocycles. The lowest BCUT2D eigenvalue weighted by atomic mass is 9.88. The van der Waals surface area contributed by atoms with Gasteiger partial charge in [-0.05, 0) is 32.1 Å². The molecule has 0 amide bonds. The highest BCUT2D eigenvalue weighted by molar-refractivity contribution is 5.78. The lowest BCUT2D eigenvalue weighted by molar-refractivity contribution is -0.146. The number of hydrogen-bond acceptors (Lipinski definition) is 2. The maximum atomic E-state index is 11.6. The third-order valence-corrected chi connectivity index (χ3v) is 3.71. The van der Waals surface area contributed by atoms with Crippen LogP contribution in [-0.2, 0) is 4.79 Å². The highest BCUT2D eigenvalue weighted by Gasteiger charge is 2.39. The molecular formula is C14H27NO2. The average molecular weight is 241 g/mol. The van der Waals surface area contributed by atoms with Gasteiger partial charge in [-0.2, -0.15) is 0 Å². The van der Waals surface area contributed by atoms with E-state index in [2.05, 4.69) is 26.1 Å². The van der Waals surface area contributed by atoms with Crippen LogP contribution in [0.4, 0.5) is 0 Å². The summed E-state index contributed by atoms with van der Waals surface area (Å²) >= 11 is 0. The average Bonchev–Trinajstić information content (AvgIpc) is 2.42. The van der Waals surface area contributed by atoms with Crippen LogP contribution in [0.2, 0.25) is 0 Å². The van der Waals surface area contributed by atoms with Crippen molar-refractivity contribution in [1.29, 1.82) is 0 Å². The van der Waals surface area contributed by atoms with Gasteiger partial charge in [-0.3, -0.25) is 10.1 Å². The van der Waals surface area contributed by atoms with Gasteiger partial charge in [0.25, 0.3) is 0 Å². The van der Waals surface area contributed by atoms with Crippen molar-refractivity contribution in [3.8, 4) is 0 Å². The molecule has 0 aliphatic heterocycles. The summed E-state index contributed by atoms with van der Waals surface area (Å²) in [5.41, 5.74) is -0.662. The topological polar surface area (TPSA) is 49.3 Å². The van der Waals surface area contributed by atoms with Gasteiger partial charge in [0, 0.05) is 6.04 Å². The standard InChI is InChI=1S/C14H27NO2/c1-11(2)10-12(3)15-14(13(16)17)8-6-4-5-7-9-14/h11-12,15H,4-10H2,1-3H3,(H,16,17). The molecule has 0 bridgehead atoms. The van der Waals surface area contributed by atoms with E-state index in [1.807, 2.05) is 0 Å². The number of hydrogen-bond donors (Lipinski definition) is 2. The molecule has 0 radical (unpaired) electrons. The summed E-state index contributed by atoms with van der Waals surface area (Å²) in [6.07, 6.45) is 7.02. The molecule has 3 nitrogen and oxygen atoms in total. The summed E-state index contributed by atoms with van der Waals surface area (Å²) < 4.78 is 0. The Kier molecular flexibility index (Phi) is 5.44. The Balaban J connectivity index is 2.66. The van der Waals surface area contributed by atoms with Crippen LogP contribution in [0.15, 0.2) is 0 Å². The van der Waals surface area contributed by atoms with Crippen LogP contribution in [-0.4, -0.2) is 22.7 Å². The molecule has 0 aromatic rings. The SMILES string of the molecule is CC(C)CC(C)NC1(C(=O)O)CCCCCC1. The van der Waals surface area contributed by atoms with E-state index in [1.54, 1.807) is 0 Å². The number of carboxylic acid groups (broad SMARTS) is 1. The molecule has 0 saturated heterocycles. The van der Waals surface area contributed by atoms with Crippen LogP contribution in [0.3, 0.4) is 0 Å². The summed E-state index contributed by atoms with van der Waals surface area (Å²) in [6, 6.07) is 0.282. The second kappa shape index (κ2) is 6.39. The first kappa shape index (κ1) is 14.5. The molecule has 0 spiro atoms. The molecule has 0 aromatic heterocycles. The van der Waals surface area contributed by atoms with Gasteiger partial charge >= 0.3 is 5.97 Å². The summed E-state index contributed by atoms with van der Waals surface area (Å²) in [5, 5.41) is 12.9. The summed E-state index contributed by atoms with van der Waals surface area (Å²) in [4.78, 5) is 11.6. The van der Waals surface area contributed by atoms with Gasteiger partial charge in [0.1, 0.15) is 5.54 Å². The molecule has 0 aromatic carbocycles. The predicted molar refractivity (Wildman–Crippen MR) is 70.1 cm³/mol. The molecule has 1 unspecified atom stereocenters. The largest absolute Gasteiger partial charge is 0.480 e. The molecule has 0 heterocycles. The van der Waals surface area contributed by atoms with Gasteiger partial charge in [-0.15, -0.1) is 0 Å². The van der Waals surface area contributed by atoms with Gasteiger partial charge in [0.05, 0.1) is 0 Å². The van der Waals surface area contributed by atoms with Crippen molar-refractivity contribution in [3.05, 3.63) is 0 Å². The van der Waals surface area contributed by atoms with Gasteiger partial charge in [-0.1, -0.05) is 39.5 Å². The number of carbonyl (C=O) groups is 1. The highest BCUT2D eigenvalue weighted by Crippen LogP contribution is 2.28. The Morgan fingerprint density at radius 1 is 1.18 bits per heavy atom. The maximum Gasteiger partial charge on any atom is 0.323 e. The van der Waals surface area contributed by atoms with Crippen LogP contribution in [0.5, 0.6) is 0 Å². The van der Waals surface area contributed by atoms with E-state index >= 15 is 0 Å². The normalized spacial score (nSPS) is 22.1. The Bertz CT molecular complexity index is 243. The van der Waals surface area contributed by atoms with Crippen molar-refractivity contribution in [1.82, 2.24) is 5.32 Å². The third-order valence-electron chi connectivity index (χ3n) is 3.71. The Morgan fingerprint density at radius 2 is 1.71 bits per heavy atom. The second-order valence-electron chi connectivity index (χ2n) is 5.98. The third kappa shape index (κ3) is 4.30. The lowest BCUT2D eigenvalue weighted by Crippen LogP contribution is -2.55. The molecule has 17 heavy (non-hydrogen) atoms. The monoisotopic (exact) mass is 241 g/mol. The first-order valence-corrected chi connectivity index (χ1v) is 6.97. The molecular weight excluding hydrogens is 214 g/mol. The smallest absolute Gasteiger partial charge is 0.323 e. The quantitative estimate of drug-likeness (QED) is 0.727. The summed E-state index contributed by atoms with van der Waals surface area (Å²) in [7, 11) is 0. The molecule has 1 fully saturated rings. The Labute approximate surface area is 105 Å². The molecule has 1 aliphatic rings. The molecule has 1 rings (SSSR count). The number of rotatable bonds is 5. The van der Waals surface area contributed by atoms with Crippen LogP contribution in [0, 0.1) is 5.92 Å². The molecule has 2 N–H and O–H groups in total. The molecule has 1 saturated carbocycles. The van der Waals surface area contributed by atoms with Crippen LogP contribution in [0.25, 0.3) is 0 Å².